The highest BCUT2D eigenvalue weighted by Crippen LogP contribution is 2.15. The lowest BCUT2D eigenvalue weighted by atomic mass is 10.7. The maximum atomic E-state index is 5.77. The molecule has 0 heterocycles. The third-order valence-electron chi connectivity index (χ3n) is 3.19. The first kappa shape index (κ1) is 25.9. The summed E-state index contributed by atoms with van der Waals surface area (Å²) in [5.74, 6) is 0. The molecule has 0 amide bonds. The molecule has 0 aliphatic rings. The molecule has 0 aliphatic carbocycles. The zero-order valence-electron chi connectivity index (χ0n) is 17.0. The van der Waals surface area contributed by atoms with Crippen molar-refractivity contribution in [3.05, 3.63) is 0 Å². The molecule has 0 radical (unpaired) electrons. The van der Waals surface area contributed by atoms with Gasteiger partial charge in [0.1, 0.15) is 0 Å². The lowest BCUT2D eigenvalue weighted by Gasteiger charge is -2.28. The van der Waals surface area contributed by atoms with Gasteiger partial charge in [-0.25, -0.2) is 0 Å². The van der Waals surface area contributed by atoms with Crippen molar-refractivity contribution in [2.45, 2.75) is 26.8 Å². The van der Waals surface area contributed by atoms with Crippen molar-refractivity contribution in [1.29, 1.82) is 0 Å². The van der Waals surface area contributed by atoms with E-state index < -0.39 is 8.80 Å². The summed E-state index contributed by atoms with van der Waals surface area (Å²) in [6.45, 7) is 12.6. The fourth-order valence-corrected chi connectivity index (χ4v) is 4.50. The molecule has 0 fully saturated rings. The largest absolute Gasteiger partial charge is 0.503 e. The van der Waals surface area contributed by atoms with E-state index in [9.17, 15) is 0 Å². The van der Waals surface area contributed by atoms with E-state index in [4.69, 9.17) is 37.0 Å². The smallest absolute Gasteiger partial charge is 0.382 e. The fraction of sp³-hybridized carbons (Fsp3) is 1.00. The zero-order valence-corrected chi connectivity index (χ0v) is 18.0. The fourth-order valence-electron chi connectivity index (χ4n) is 2.10. The number of methoxy groups -OCH3 is 1. The number of ether oxygens (including phenoxy) is 5. The molecule has 158 valence electrons. The minimum absolute atomic E-state index is 0.523. The lowest BCUT2D eigenvalue weighted by Crippen LogP contribution is -2.46. The van der Waals surface area contributed by atoms with Crippen molar-refractivity contribution in [2.75, 3.05) is 86.4 Å². The van der Waals surface area contributed by atoms with Gasteiger partial charge in [-0.15, -0.1) is 0 Å². The maximum Gasteiger partial charge on any atom is 0.503 e. The number of hydrogen-bond acceptors (Lipinski definition) is 8. The minimum atomic E-state index is -2.60. The topological polar surface area (TPSA) is 73.8 Å². The second kappa shape index (κ2) is 19.7. The first-order valence-electron chi connectivity index (χ1n) is 9.46. The van der Waals surface area contributed by atoms with E-state index in [0.29, 0.717) is 85.3 Å². The Morgan fingerprint density at radius 3 is 1.19 bits per heavy atom. The molecule has 0 aromatic carbocycles. The summed E-state index contributed by atoms with van der Waals surface area (Å²) in [6.07, 6.45) is 0. The summed E-state index contributed by atoms with van der Waals surface area (Å²) in [6, 6.07) is 0.648. The van der Waals surface area contributed by atoms with Crippen LogP contribution in [-0.2, 0) is 37.0 Å². The zero-order chi connectivity index (χ0) is 19.3. The molecule has 0 aromatic rings. The van der Waals surface area contributed by atoms with Crippen LogP contribution in [0.3, 0.4) is 0 Å². The van der Waals surface area contributed by atoms with Gasteiger partial charge in [0.15, 0.2) is 0 Å². The van der Waals surface area contributed by atoms with Gasteiger partial charge in [-0.2, -0.15) is 0 Å². The summed E-state index contributed by atoms with van der Waals surface area (Å²) in [7, 11) is -0.955. The summed E-state index contributed by atoms with van der Waals surface area (Å²) in [5.41, 5.74) is 0. The van der Waals surface area contributed by atoms with E-state index in [0.717, 1.165) is 0 Å². The lowest BCUT2D eigenvalue weighted by molar-refractivity contribution is -0.00830. The van der Waals surface area contributed by atoms with Gasteiger partial charge in [0.2, 0.25) is 0 Å². The number of hydrogen-bond donors (Lipinski definition) is 0. The standard InChI is InChI=1S/C17H38O8Si/c1-5-23-26(24-6-2,25-7-3)17-16-22-15-14-21-13-12-20-11-10-19-9-8-18-4/h5-17H2,1-4H3. The summed E-state index contributed by atoms with van der Waals surface area (Å²) in [4.78, 5) is 0. The van der Waals surface area contributed by atoms with Crippen molar-refractivity contribution in [1.82, 2.24) is 0 Å². The molecule has 9 heteroatoms. The molecule has 0 aromatic heterocycles. The average molecular weight is 399 g/mol. The minimum Gasteiger partial charge on any atom is -0.382 e. The second-order valence-corrected chi connectivity index (χ2v) is 7.91. The highest BCUT2D eigenvalue weighted by atomic mass is 28.4. The quantitative estimate of drug-likeness (QED) is 0.214. The Hall–Kier alpha value is -0.103. The van der Waals surface area contributed by atoms with Crippen LogP contribution < -0.4 is 0 Å². The van der Waals surface area contributed by atoms with Gasteiger partial charge in [0.25, 0.3) is 0 Å². The Kier molecular flexibility index (Phi) is 19.6. The van der Waals surface area contributed by atoms with Gasteiger partial charge in [-0.3, -0.25) is 0 Å². The van der Waals surface area contributed by atoms with Crippen molar-refractivity contribution in [2.24, 2.45) is 0 Å². The molecule has 0 saturated carbocycles. The van der Waals surface area contributed by atoms with Crippen molar-refractivity contribution in [3.8, 4) is 0 Å². The van der Waals surface area contributed by atoms with Crippen LogP contribution in [0.25, 0.3) is 0 Å². The van der Waals surface area contributed by atoms with Gasteiger partial charge in [0.05, 0.1) is 59.5 Å². The van der Waals surface area contributed by atoms with E-state index >= 15 is 0 Å². The van der Waals surface area contributed by atoms with Crippen LogP contribution in [-0.4, -0.2) is 95.2 Å². The third-order valence-corrected chi connectivity index (χ3v) is 6.20. The summed E-state index contributed by atoms with van der Waals surface area (Å²) < 4.78 is 43.9. The molecule has 0 saturated heterocycles. The van der Waals surface area contributed by atoms with Crippen LogP contribution in [0.1, 0.15) is 20.8 Å². The SMILES string of the molecule is CCO[Si](CCOCCOCCOCCOCCOC)(OCC)OCC. The molecule has 26 heavy (non-hydrogen) atoms. The van der Waals surface area contributed by atoms with Crippen molar-refractivity contribution >= 4 is 8.80 Å². The Balaban J connectivity index is 3.52. The Labute approximate surface area is 159 Å². The molecular formula is C17H38O8Si. The summed E-state index contributed by atoms with van der Waals surface area (Å²) >= 11 is 0. The first-order valence-corrected chi connectivity index (χ1v) is 11.4. The molecule has 0 bridgehead atoms. The van der Waals surface area contributed by atoms with Gasteiger partial charge in [-0.05, 0) is 20.8 Å². The molecule has 0 atom stereocenters. The predicted octanol–water partition coefficient (Wildman–Crippen LogP) is 1.75. The molecule has 0 aliphatic heterocycles. The highest BCUT2D eigenvalue weighted by Gasteiger charge is 2.39. The normalized spacial score (nSPS) is 12.0. The van der Waals surface area contributed by atoms with E-state index in [1.54, 1.807) is 7.11 Å². The van der Waals surface area contributed by atoms with Crippen molar-refractivity contribution < 1.29 is 37.0 Å². The van der Waals surface area contributed by atoms with Gasteiger partial charge < -0.3 is 37.0 Å². The van der Waals surface area contributed by atoms with Crippen LogP contribution in [0.15, 0.2) is 0 Å². The molecule has 8 nitrogen and oxygen atoms in total. The van der Waals surface area contributed by atoms with E-state index in [2.05, 4.69) is 0 Å². The van der Waals surface area contributed by atoms with Crippen LogP contribution in [0.2, 0.25) is 6.04 Å². The van der Waals surface area contributed by atoms with Crippen LogP contribution in [0, 0.1) is 0 Å². The monoisotopic (exact) mass is 398 g/mol. The third kappa shape index (κ3) is 15.0. The molecule has 0 unspecified atom stereocenters. The maximum absolute atomic E-state index is 5.77. The average Bonchev–Trinajstić information content (AvgIpc) is 2.63. The van der Waals surface area contributed by atoms with Crippen LogP contribution in [0.5, 0.6) is 0 Å². The van der Waals surface area contributed by atoms with E-state index in [1.165, 1.54) is 0 Å². The van der Waals surface area contributed by atoms with E-state index in [1.807, 2.05) is 20.8 Å². The molecule has 0 rings (SSSR count). The second-order valence-electron chi connectivity index (χ2n) is 5.17. The summed E-state index contributed by atoms with van der Waals surface area (Å²) in [5, 5.41) is 0. The van der Waals surface area contributed by atoms with Gasteiger partial charge >= 0.3 is 8.80 Å². The molecular weight excluding hydrogens is 360 g/mol. The Morgan fingerprint density at radius 2 is 0.846 bits per heavy atom. The van der Waals surface area contributed by atoms with Crippen LogP contribution >= 0.6 is 0 Å². The Morgan fingerprint density at radius 1 is 0.500 bits per heavy atom. The Bertz CT molecular complexity index is 266. The van der Waals surface area contributed by atoms with Gasteiger partial charge in [-0.1, -0.05) is 0 Å². The van der Waals surface area contributed by atoms with E-state index in [-0.39, 0.29) is 0 Å². The van der Waals surface area contributed by atoms with Gasteiger partial charge in [0, 0.05) is 33.0 Å². The molecule has 0 spiro atoms. The first-order chi connectivity index (χ1) is 12.7. The molecule has 0 N–H and O–H groups in total. The van der Waals surface area contributed by atoms with Crippen molar-refractivity contribution in [3.63, 3.8) is 0 Å². The van der Waals surface area contributed by atoms with Crippen LogP contribution in [0.4, 0.5) is 0 Å². The predicted molar refractivity (Wildman–Crippen MR) is 101 cm³/mol. The highest BCUT2D eigenvalue weighted by molar-refractivity contribution is 6.60. The number of rotatable bonds is 21.